The zero-order valence-corrected chi connectivity index (χ0v) is 17.2. The third kappa shape index (κ3) is 3.35. The molecule has 5 nitrogen and oxygen atoms in total. The molecule has 0 radical (unpaired) electrons. The van der Waals surface area contributed by atoms with Crippen LogP contribution in [0.4, 0.5) is 4.39 Å². The minimum Gasteiger partial charge on any atom is -0.507 e. The first-order valence-electron chi connectivity index (χ1n) is 9.82. The van der Waals surface area contributed by atoms with E-state index in [1.54, 1.807) is 30.3 Å². The second kappa shape index (κ2) is 8.11. The number of nitrogens with zero attached hydrogens (tertiary/aromatic N) is 1. The number of ketones is 1. The van der Waals surface area contributed by atoms with Crippen LogP contribution in [0.1, 0.15) is 42.9 Å². The summed E-state index contributed by atoms with van der Waals surface area (Å²) < 4.78 is 19.9. The van der Waals surface area contributed by atoms with Crippen LogP contribution < -0.4 is 4.74 Å². The maximum absolute atomic E-state index is 14.8. The molecule has 7 heteroatoms. The highest BCUT2D eigenvalue weighted by atomic mass is 35.5. The van der Waals surface area contributed by atoms with Crippen molar-refractivity contribution in [2.45, 2.75) is 37.8 Å². The van der Waals surface area contributed by atoms with Crippen LogP contribution in [0.3, 0.4) is 0 Å². The van der Waals surface area contributed by atoms with Crippen molar-refractivity contribution in [1.82, 2.24) is 4.90 Å². The van der Waals surface area contributed by atoms with E-state index in [1.807, 2.05) is 0 Å². The largest absolute Gasteiger partial charge is 0.507 e. The van der Waals surface area contributed by atoms with Crippen molar-refractivity contribution in [3.8, 4) is 5.75 Å². The predicted octanol–water partition coefficient (Wildman–Crippen LogP) is 4.85. The van der Waals surface area contributed by atoms with Gasteiger partial charge >= 0.3 is 0 Å². The minimum atomic E-state index is -0.991. The minimum absolute atomic E-state index is 0.127. The lowest BCUT2D eigenvalue weighted by atomic mass is 9.94. The van der Waals surface area contributed by atoms with E-state index in [1.165, 1.54) is 24.1 Å². The van der Waals surface area contributed by atoms with Crippen molar-refractivity contribution >= 4 is 29.1 Å². The van der Waals surface area contributed by atoms with Gasteiger partial charge in [0, 0.05) is 17.2 Å². The van der Waals surface area contributed by atoms with E-state index in [4.69, 9.17) is 16.3 Å². The van der Waals surface area contributed by atoms with Crippen molar-refractivity contribution in [3.05, 3.63) is 70.0 Å². The lowest BCUT2D eigenvalue weighted by Gasteiger charge is -2.31. The van der Waals surface area contributed by atoms with Gasteiger partial charge in [0.2, 0.25) is 0 Å². The first-order valence-corrected chi connectivity index (χ1v) is 10.2. The second-order valence-electron chi connectivity index (χ2n) is 7.52. The lowest BCUT2D eigenvalue weighted by molar-refractivity contribution is -0.141. The average molecular weight is 430 g/mol. The fourth-order valence-corrected chi connectivity index (χ4v) is 4.64. The van der Waals surface area contributed by atoms with E-state index in [0.717, 1.165) is 25.7 Å². The van der Waals surface area contributed by atoms with E-state index < -0.39 is 23.5 Å². The molecular formula is C23H21ClFNO4. The molecule has 156 valence electrons. The Hall–Kier alpha value is -2.86. The number of hydrogen-bond acceptors (Lipinski definition) is 4. The lowest BCUT2D eigenvalue weighted by Crippen LogP contribution is -2.38. The third-order valence-electron chi connectivity index (χ3n) is 5.82. The quantitative estimate of drug-likeness (QED) is 0.428. The molecule has 2 aromatic carbocycles. The van der Waals surface area contributed by atoms with Gasteiger partial charge in [0.25, 0.3) is 11.7 Å². The number of likely N-dealkylation sites (tertiary alicyclic amines) is 1. The van der Waals surface area contributed by atoms with E-state index >= 15 is 0 Å². The highest BCUT2D eigenvalue weighted by Gasteiger charge is 2.49. The molecule has 2 aromatic rings. The molecule has 1 N–H and O–H groups in total. The molecule has 1 saturated carbocycles. The molecule has 0 bridgehead atoms. The van der Waals surface area contributed by atoms with Crippen molar-refractivity contribution in [2.24, 2.45) is 0 Å². The van der Waals surface area contributed by atoms with Crippen LogP contribution in [-0.2, 0) is 9.59 Å². The second-order valence-corrected chi connectivity index (χ2v) is 7.92. The molecule has 1 saturated heterocycles. The van der Waals surface area contributed by atoms with Gasteiger partial charge in [-0.3, -0.25) is 9.59 Å². The standard InChI is InChI=1S/C23H21ClFNO4/c1-30-18-11-10-13(12-16(18)24)21(27)19-20(15-8-4-5-9-17(15)25)26(23(29)22(19)28)14-6-2-3-7-14/h4-5,8-12,14,20,27H,2-3,6-7H2,1H3/b21-19+. The monoisotopic (exact) mass is 429 g/mol. The van der Waals surface area contributed by atoms with Gasteiger partial charge in [0.05, 0.1) is 23.7 Å². The van der Waals surface area contributed by atoms with Crippen molar-refractivity contribution in [2.75, 3.05) is 7.11 Å². The molecule has 1 heterocycles. The van der Waals surface area contributed by atoms with Gasteiger partial charge in [-0.2, -0.15) is 0 Å². The van der Waals surface area contributed by atoms with Gasteiger partial charge in [0.15, 0.2) is 0 Å². The van der Waals surface area contributed by atoms with Crippen molar-refractivity contribution in [3.63, 3.8) is 0 Å². The summed E-state index contributed by atoms with van der Waals surface area (Å²) in [5, 5.41) is 11.3. The Morgan fingerprint density at radius 1 is 1.17 bits per heavy atom. The van der Waals surface area contributed by atoms with E-state index in [-0.39, 0.29) is 33.5 Å². The number of hydrogen-bond donors (Lipinski definition) is 1. The van der Waals surface area contributed by atoms with Crippen LogP contribution in [-0.4, -0.2) is 34.8 Å². The number of halogens is 2. The van der Waals surface area contributed by atoms with Crippen LogP contribution in [0, 0.1) is 5.82 Å². The normalized spacial score (nSPS) is 21.4. The number of benzene rings is 2. The highest BCUT2D eigenvalue weighted by Crippen LogP contribution is 2.44. The number of ether oxygens (including phenoxy) is 1. The number of Topliss-reactive ketones (excluding diaryl/α,β-unsaturated/α-hetero) is 1. The predicted molar refractivity (Wildman–Crippen MR) is 111 cm³/mol. The summed E-state index contributed by atoms with van der Waals surface area (Å²) in [4.78, 5) is 27.4. The Balaban J connectivity index is 1.90. The van der Waals surface area contributed by atoms with Gasteiger partial charge in [-0.05, 0) is 37.1 Å². The number of carbonyl (C=O) groups excluding carboxylic acids is 2. The summed E-state index contributed by atoms with van der Waals surface area (Å²) in [6.45, 7) is 0. The molecule has 2 aliphatic rings. The number of aliphatic hydroxyl groups is 1. The van der Waals surface area contributed by atoms with Gasteiger partial charge in [-0.1, -0.05) is 42.6 Å². The first kappa shape index (κ1) is 20.4. The maximum atomic E-state index is 14.8. The Bertz CT molecular complexity index is 1050. The van der Waals surface area contributed by atoms with Gasteiger partial charge in [-0.25, -0.2) is 4.39 Å². The van der Waals surface area contributed by atoms with Crippen molar-refractivity contribution < 1.29 is 23.8 Å². The molecule has 4 rings (SSSR count). The zero-order valence-electron chi connectivity index (χ0n) is 16.4. The fourth-order valence-electron chi connectivity index (χ4n) is 4.38. The number of aliphatic hydroxyl groups excluding tert-OH is 1. The molecular weight excluding hydrogens is 409 g/mol. The molecule has 1 atom stereocenters. The highest BCUT2D eigenvalue weighted by molar-refractivity contribution is 6.46. The number of methoxy groups -OCH3 is 1. The molecule has 1 aliphatic heterocycles. The SMILES string of the molecule is COc1ccc(/C(O)=C2\C(=O)C(=O)N(C3CCCC3)C2c2ccccc2F)cc1Cl. The number of amides is 1. The topological polar surface area (TPSA) is 66.8 Å². The van der Waals surface area contributed by atoms with Crippen LogP contribution in [0.2, 0.25) is 5.02 Å². The molecule has 0 spiro atoms. The van der Waals surface area contributed by atoms with Crippen LogP contribution in [0.25, 0.3) is 5.76 Å². The maximum Gasteiger partial charge on any atom is 0.295 e. The van der Waals surface area contributed by atoms with Crippen LogP contribution >= 0.6 is 11.6 Å². The molecule has 1 unspecified atom stereocenters. The summed E-state index contributed by atoms with van der Waals surface area (Å²) in [6, 6.07) is 9.42. The number of rotatable bonds is 4. The summed E-state index contributed by atoms with van der Waals surface area (Å²) in [5.41, 5.74) is 0.314. The summed E-state index contributed by atoms with van der Waals surface area (Å²) in [6.07, 6.45) is 3.36. The van der Waals surface area contributed by atoms with E-state index in [0.29, 0.717) is 5.75 Å². The van der Waals surface area contributed by atoms with E-state index in [2.05, 4.69) is 0 Å². The first-order chi connectivity index (χ1) is 14.4. The van der Waals surface area contributed by atoms with Gasteiger partial charge in [0.1, 0.15) is 17.3 Å². The molecule has 30 heavy (non-hydrogen) atoms. The Kier molecular flexibility index (Phi) is 5.52. The number of carbonyl (C=O) groups is 2. The van der Waals surface area contributed by atoms with Crippen LogP contribution in [0.5, 0.6) is 5.75 Å². The molecule has 1 amide bonds. The molecule has 0 aromatic heterocycles. The van der Waals surface area contributed by atoms with E-state index in [9.17, 15) is 19.1 Å². The summed E-state index contributed by atoms with van der Waals surface area (Å²) >= 11 is 6.18. The van der Waals surface area contributed by atoms with Crippen LogP contribution in [0.15, 0.2) is 48.0 Å². The molecule has 2 fully saturated rings. The molecule has 1 aliphatic carbocycles. The Morgan fingerprint density at radius 2 is 1.87 bits per heavy atom. The summed E-state index contributed by atoms with van der Waals surface area (Å²) in [5.74, 6) is -2.04. The Labute approximate surface area is 178 Å². The smallest absolute Gasteiger partial charge is 0.295 e. The fraction of sp³-hybridized carbons (Fsp3) is 0.304. The summed E-state index contributed by atoms with van der Waals surface area (Å²) in [7, 11) is 1.46. The zero-order chi connectivity index (χ0) is 21.4. The third-order valence-corrected chi connectivity index (χ3v) is 6.12. The average Bonchev–Trinajstić information content (AvgIpc) is 3.35. The Morgan fingerprint density at radius 3 is 2.50 bits per heavy atom. The van der Waals surface area contributed by atoms with Gasteiger partial charge in [-0.15, -0.1) is 0 Å². The van der Waals surface area contributed by atoms with Crippen molar-refractivity contribution in [1.29, 1.82) is 0 Å². The van der Waals surface area contributed by atoms with Gasteiger partial charge < -0.3 is 14.7 Å².